The Kier molecular flexibility index (Phi) is 13.1. The maximum Gasteiger partial charge on any atom is 0.330 e. The highest BCUT2D eigenvalue weighted by atomic mass is 31.2. The van der Waals surface area contributed by atoms with E-state index in [2.05, 4.69) is 69.4 Å². The largest absolute Gasteiger partial charge is 0.497 e. The van der Waals surface area contributed by atoms with Crippen molar-refractivity contribution in [1.29, 1.82) is 5.26 Å². The Morgan fingerprint density at radius 1 is 0.912 bits per heavy atom. The van der Waals surface area contributed by atoms with Crippen LogP contribution in [0, 0.1) is 36.0 Å². The topological polar surface area (TPSA) is 137 Å². The van der Waals surface area contributed by atoms with Gasteiger partial charge < -0.3 is 28.0 Å². The van der Waals surface area contributed by atoms with Gasteiger partial charge in [0.25, 0.3) is 14.1 Å². The molecule has 1 saturated carbocycles. The van der Waals surface area contributed by atoms with Gasteiger partial charge in [0.1, 0.15) is 35.0 Å². The second kappa shape index (κ2) is 17.7. The Morgan fingerprint density at radius 2 is 1.47 bits per heavy atom. The van der Waals surface area contributed by atoms with Crippen molar-refractivity contribution in [1.82, 2.24) is 14.2 Å². The molecule has 2 bridgehead atoms. The molecule has 12 nitrogen and oxygen atoms in total. The zero-order chi connectivity index (χ0) is 41.1. The van der Waals surface area contributed by atoms with Crippen LogP contribution in [0.5, 0.6) is 11.5 Å². The quantitative estimate of drug-likeness (QED) is 0.0643. The normalized spacial score (nSPS) is 23.6. The van der Waals surface area contributed by atoms with Crippen molar-refractivity contribution < 1.29 is 28.0 Å². The van der Waals surface area contributed by atoms with Crippen molar-refractivity contribution >= 4 is 8.53 Å². The van der Waals surface area contributed by atoms with Crippen molar-refractivity contribution in [2.24, 2.45) is 17.8 Å². The minimum absolute atomic E-state index is 0.0212. The number of hydrogen-bond donors (Lipinski definition) is 1. The molecule has 2 fully saturated rings. The fraction of sp³-hybridized carbons (Fsp3) is 0.477. The van der Waals surface area contributed by atoms with Gasteiger partial charge in [-0.1, -0.05) is 68.4 Å². The Labute approximate surface area is 336 Å². The molecule has 57 heavy (non-hydrogen) atoms. The summed E-state index contributed by atoms with van der Waals surface area (Å²) in [5.74, 6) is 0.928. The molecule has 1 aromatic heterocycles. The number of nitrogens with one attached hydrogen (secondary N) is 1. The summed E-state index contributed by atoms with van der Waals surface area (Å²) in [6.07, 6.45) is 0.360. The lowest BCUT2D eigenvalue weighted by molar-refractivity contribution is -0.198. The zero-order valence-corrected chi connectivity index (χ0v) is 35.2. The van der Waals surface area contributed by atoms with Crippen LogP contribution in [0.25, 0.3) is 0 Å². The lowest BCUT2D eigenvalue weighted by Crippen LogP contribution is -2.51. The van der Waals surface area contributed by atoms with Gasteiger partial charge in [0.2, 0.25) is 0 Å². The van der Waals surface area contributed by atoms with Crippen LogP contribution >= 0.6 is 8.53 Å². The lowest BCUT2D eigenvalue weighted by Gasteiger charge is -2.44. The summed E-state index contributed by atoms with van der Waals surface area (Å²) < 4.78 is 43.4. The molecule has 1 N–H and O–H groups in total. The number of hydrogen-bond acceptors (Lipinski definition) is 10. The van der Waals surface area contributed by atoms with Crippen molar-refractivity contribution in [2.75, 3.05) is 27.4 Å². The number of H-pyrrole nitrogens is 1. The van der Waals surface area contributed by atoms with Crippen LogP contribution in [0.2, 0.25) is 0 Å². The molecule has 6 rings (SSSR count). The number of ether oxygens (including phenoxy) is 4. The van der Waals surface area contributed by atoms with E-state index < -0.39 is 43.3 Å². The van der Waals surface area contributed by atoms with Crippen LogP contribution in [0.15, 0.2) is 94.6 Å². The van der Waals surface area contributed by atoms with E-state index in [1.165, 1.54) is 4.57 Å². The van der Waals surface area contributed by atoms with Crippen LogP contribution < -0.4 is 20.7 Å². The van der Waals surface area contributed by atoms with Gasteiger partial charge in [-0.3, -0.25) is 14.3 Å². The second-order valence-corrected chi connectivity index (χ2v) is 16.9. The smallest absolute Gasteiger partial charge is 0.330 e. The minimum Gasteiger partial charge on any atom is -0.497 e. The summed E-state index contributed by atoms with van der Waals surface area (Å²) in [5, 5.41) is 9.45. The Morgan fingerprint density at radius 3 is 2.00 bits per heavy atom. The Hall–Kier alpha value is -4.34. The molecule has 1 aliphatic heterocycles. The maximum absolute atomic E-state index is 13.6. The molecule has 7 atom stereocenters. The summed E-state index contributed by atoms with van der Waals surface area (Å²) in [4.78, 5) is 28.6. The number of nitrogens with zero attached hydrogens (tertiary/aromatic N) is 3. The molecule has 3 aromatic carbocycles. The van der Waals surface area contributed by atoms with Gasteiger partial charge in [-0.15, -0.1) is 0 Å². The summed E-state index contributed by atoms with van der Waals surface area (Å²) in [6.45, 7) is 14.6. The number of benzene rings is 3. The van der Waals surface area contributed by atoms with Crippen LogP contribution in [0.4, 0.5) is 0 Å². The standard InChI is InChI=1S/C44H55N4O8P/c1-28(2)48(29(3)4)57(54-25-13-24-45)56-39-38-31(6)32(7)43(39,55-41(38)47-26-30(5)40(49)46-42(47)50)27-53-44(33-14-11-10-12-15-33,34-16-20-36(51-8)21-17-34)35-18-22-37(52-9)23-19-35/h10-12,14-23,26,28-29,31-32,38-39,41H,13,25,27H2,1-9H3,(H,46,49,50)/t31-,32-,38?,39-,41+,43-,57?/m0/s1. The molecule has 1 saturated heterocycles. The average Bonchev–Trinajstić information content (AvgIpc) is 3.62. The van der Waals surface area contributed by atoms with E-state index >= 15 is 0 Å². The molecule has 2 aliphatic rings. The first-order chi connectivity index (χ1) is 27.3. The molecule has 0 amide bonds. The summed E-state index contributed by atoms with van der Waals surface area (Å²) >= 11 is 0. The summed E-state index contributed by atoms with van der Waals surface area (Å²) in [6, 6.07) is 28.1. The van der Waals surface area contributed by atoms with Gasteiger partial charge in [-0.25, -0.2) is 9.46 Å². The summed E-state index contributed by atoms with van der Waals surface area (Å²) in [5.41, 5.74) is -0.293. The molecule has 1 aliphatic carbocycles. The minimum atomic E-state index is -1.72. The van der Waals surface area contributed by atoms with E-state index in [1.54, 1.807) is 27.3 Å². The van der Waals surface area contributed by atoms with E-state index in [4.69, 9.17) is 28.0 Å². The number of fused-ring (bicyclic) bond motifs is 2. The van der Waals surface area contributed by atoms with Crippen LogP contribution in [-0.4, -0.2) is 65.4 Å². The monoisotopic (exact) mass is 798 g/mol. The van der Waals surface area contributed by atoms with E-state index in [0.29, 0.717) is 17.1 Å². The number of nitriles is 1. The Balaban J connectivity index is 1.55. The van der Waals surface area contributed by atoms with Gasteiger partial charge in [0.15, 0.2) is 0 Å². The molecule has 2 unspecified atom stereocenters. The van der Waals surface area contributed by atoms with Gasteiger partial charge in [0, 0.05) is 29.8 Å². The zero-order valence-electron chi connectivity index (χ0n) is 34.3. The average molecular weight is 799 g/mol. The van der Waals surface area contributed by atoms with Crippen molar-refractivity contribution in [3.05, 3.63) is 128 Å². The highest BCUT2D eigenvalue weighted by Crippen LogP contribution is 2.64. The number of aromatic amines is 1. The summed E-state index contributed by atoms with van der Waals surface area (Å²) in [7, 11) is 1.55. The van der Waals surface area contributed by atoms with E-state index in [0.717, 1.165) is 16.7 Å². The van der Waals surface area contributed by atoms with Crippen molar-refractivity contribution in [2.45, 2.75) is 90.5 Å². The van der Waals surface area contributed by atoms with Crippen molar-refractivity contribution in [3.8, 4) is 17.6 Å². The molecule has 2 heterocycles. The SMILES string of the molecule is COc1ccc(C(OC[C@]23O[C@@H](n4cc(C)c(=O)[nH]c4=O)C([C@@H](C)[C@@H]2C)[C@@H]3OP(OCCC#N)N(C(C)C)C(C)C)(c2ccccc2)c2ccc(OC)cc2)cc1. The number of aromatic nitrogens is 2. The van der Waals surface area contributed by atoms with Crippen molar-refractivity contribution in [3.63, 3.8) is 0 Å². The number of aryl methyl sites for hydroxylation is 1. The number of rotatable bonds is 17. The fourth-order valence-corrected chi connectivity index (χ4v) is 10.5. The second-order valence-electron chi connectivity index (χ2n) is 15.5. The first-order valence-electron chi connectivity index (χ1n) is 19.6. The molecular weight excluding hydrogens is 743 g/mol. The van der Waals surface area contributed by atoms with Gasteiger partial charge in [-0.05, 0) is 87.4 Å². The van der Waals surface area contributed by atoms with Gasteiger partial charge in [0.05, 0.1) is 39.9 Å². The maximum atomic E-state index is 13.6. The third-order valence-electron chi connectivity index (χ3n) is 11.6. The molecule has 304 valence electrons. The van der Waals surface area contributed by atoms with Crippen LogP contribution in [-0.2, 0) is 24.1 Å². The molecule has 0 spiro atoms. The first-order valence-corrected chi connectivity index (χ1v) is 20.7. The van der Waals surface area contributed by atoms with Crippen LogP contribution in [0.1, 0.15) is 76.4 Å². The van der Waals surface area contributed by atoms with E-state index in [9.17, 15) is 14.9 Å². The molecule has 13 heteroatoms. The molecule has 4 aromatic rings. The molecule has 0 radical (unpaired) electrons. The first kappa shape index (κ1) is 42.3. The lowest BCUT2D eigenvalue weighted by atomic mass is 9.79. The highest BCUT2D eigenvalue weighted by molar-refractivity contribution is 7.44. The van der Waals surface area contributed by atoms with Crippen LogP contribution in [0.3, 0.4) is 0 Å². The van der Waals surface area contributed by atoms with Gasteiger partial charge >= 0.3 is 5.69 Å². The van der Waals surface area contributed by atoms with E-state index in [1.807, 2.05) is 66.7 Å². The highest BCUT2D eigenvalue weighted by Gasteiger charge is 2.70. The third kappa shape index (κ3) is 7.94. The predicted molar refractivity (Wildman–Crippen MR) is 219 cm³/mol. The molecular formula is C44H55N4O8P. The fourth-order valence-electron chi connectivity index (χ4n) is 8.64. The predicted octanol–water partition coefficient (Wildman–Crippen LogP) is 7.70. The Bertz CT molecular complexity index is 2060. The van der Waals surface area contributed by atoms with Gasteiger partial charge in [-0.2, -0.15) is 5.26 Å². The third-order valence-corrected chi connectivity index (χ3v) is 13.8. The van der Waals surface area contributed by atoms with E-state index in [-0.39, 0.29) is 49.5 Å². The number of methoxy groups -OCH3 is 2.